The van der Waals surface area contributed by atoms with Gasteiger partial charge in [-0.25, -0.2) is 8.42 Å². The lowest BCUT2D eigenvalue weighted by Gasteiger charge is -2.23. The Morgan fingerprint density at radius 3 is 2.32 bits per heavy atom. The molecule has 1 aliphatic rings. The number of hydrogen-bond donors (Lipinski definition) is 0. The van der Waals surface area contributed by atoms with Crippen LogP contribution in [-0.2, 0) is 22.9 Å². The third-order valence-electron chi connectivity index (χ3n) is 6.46. The molecular formula is C28H27NO4S. The highest BCUT2D eigenvalue weighted by atomic mass is 32.2. The number of hydrogen-bond acceptors (Lipinski definition) is 4. The monoisotopic (exact) mass is 473 g/mol. The van der Waals surface area contributed by atoms with Gasteiger partial charge < -0.3 is 4.42 Å². The lowest BCUT2D eigenvalue weighted by Crippen LogP contribution is -2.37. The molecule has 1 aliphatic carbocycles. The molecule has 0 atom stereocenters. The van der Waals surface area contributed by atoms with Crippen LogP contribution in [0.25, 0.3) is 11.0 Å². The first kappa shape index (κ1) is 22.4. The average molecular weight is 474 g/mol. The third-order valence-corrected chi connectivity index (χ3v) is 8.19. The number of fused-ring (bicyclic) bond motifs is 3. The van der Waals surface area contributed by atoms with Crippen LogP contribution in [0.5, 0.6) is 0 Å². The standard InChI is InChI=1S/C28H27NO4S/c1-19(2)20-12-15-23(16-13-20)34(31,32)29(28(30)21-8-4-3-5-9-21)22-14-17-27-25(18-22)24-10-6-7-11-26(24)33-27/h3-5,8-9,12-19H,6-7,10-11H2,1-2H3. The van der Waals surface area contributed by atoms with Gasteiger partial charge in [0.2, 0.25) is 0 Å². The van der Waals surface area contributed by atoms with Crippen LogP contribution < -0.4 is 4.31 Å². The van der Waals surface area contributed by atoms with E-state index in [0.29, 0.717) is 11.3 Å². The Balaban J connectivity index is 1.66. The van der Waals surface area contributed by atoms with Crippen LogP contribution in [0, 0.1) is 0 Å². The van der Waals surface area contributed by atoms with Crippen LogP contribution in [-0.4, -0.2) is 14.3 Å². The number of anilines is 1. The van der Waals surface area contributed by atoms with E-state index in [4.69, 9.17) is 4.42 Å². The van der Waals surface area contributed by atoms with Gasteiger partial charge in [0.25, 0.3) is 15.9 Å². The highest BCUT2D eigenvalue weighted by molar-refractivity contribution is 7.93. The Hall–Kier alpha value is -3.38. The van der Waals surface area contributed by atoms with Gasteiger partial charge in [-0.1, -0.05) is 44.2 Å². The second-order valence-corrected chi connectivity index (χ2v) is 10.8. The zero-order chi connectivity index (χ0) is 23.9. The summed E-state index contributed by atoms with van der Waals surface area (Å²) in [5.41, 5.74) is 3.49. The van der Waals surface area contributed by atoms with Gasteiger partial charge in [0, 0.05) is 22.9 Å². The molecule has 0 radical (unpaired) electrons. The summed E-state index contributed by atoms with van der Waals surface area (Å²) >= 11 is 0. The minimum Gasteiger partial charge on any atom is -0.461 e. The molecule has 0 spiro atoms. The molecule has 1 aromatic heterocycles. The number of sulfonamides is 1. The van der Waals surface area contributed by atoms with E-state index in [2.05, 4.69) is 13.8 Å². The van der Waals surface area contributed by atoms with Gasteiger partial charge in [-0.05, 0) is 73.2 Å². The molecule has 1 amide bonds. The van der Waals surface area contributed by atoms with E-state index in [1.54, 1.807) is 72.8 Å². The van der Waals surface area contributed by atoms with Gasteiger partial charge in [-0.3, -0.25) is 4.79 Å². The molecular weight excluding hydrogens is 446 g/mol. The molecule has 5 nitrogen and oxygen atoms in total. The Labute approximate surface area is 200 Å². The predicted molar refractivity (Wildman–Crippen MR) is 134 cm³/mol. The quantitative estimate of drug-likeness (QED) is 0.333. The Morgan fingerprint density at radius 2 is 1.62 bits per heavy atom. The summed E-state index contributed by atoms with van der Waals surface area (Å²) in [5, 5.41) is 0.878. The minimum atomic E-state index is -4.16. The largest absolute Gasteiger partial charge is 0.461 e. The van der Waals surface area contributed by atoms with Gasteiger partial charge in [0.05, 0.1) is 10.6 Å². The van der Waals surface area contributed by atoms with E-state index in [1.807, 2.05) is 0 Å². The average Bonchev–Trinajstić information content (AvgIpc) is 3.22. The maximum atomic E-state index is 13.9. The summed E-state index contributed by atoms with van der Waals surface area (Å²) in [4.78, 5) is 13.7. The van der Waals surface area contributed by atoms with Crippen molar-refractivity contribution in [1.82, 2.24) is 0 Å². The summed E-state index contributed by atoms with van der Waals surface area (Å²) in [5.74, 6) is 0.644. The lowest BCUT2D eigenvalue weighted by atomic mass is 9.96. The highest BCUT2D eigenvalue weighted by Crippen LogP contribution is 2.36. The first-order valence-corrected chi connectivity index (χ1v) is 13.1. The number of benzene rings is 3. The maximum Gasteiger partial charge on any atom is 0.272 e. The molecule has 6 heteroatoms. The smallest absolute Gasteiger partial charge is 0.272 e. The lowest BCUT2D eigenvalue weighted by molar-refractivity contribution is 0.101. The van der Waals surface area contributed by atoms with E-state index < -0.39 is 15.9 Å². The maximum absolute atomic E-state index is 13.9. The third kappa shape index (κ3) is 3.92. The summed E-state index contributed by atoms with van der Waals surface area (Å²) < 4.78 is 34.7. The van der Waals surface area contributed by atoms with E-state index in [9.17, 15) is 13.2 Å². The van der Waals surface area contributed by atoms with Crippen molar-refractivity contribution < 1.29 is 17.6 Å². The Bertz CT molecular complexity index is 1450. The van der Waals surface area contributed by atoms with Crippen LogP contribution in [0.15, 0.2) is 82.1 Å². The van der Waals surface area contributed by atoms with Crippen LogP contribution >= 0.6 is 0 Å². The summed E-state index contributed by atoms with van der Waals surface area (Å²) in [6.07, 6.45) is 3.92. The predicted octanol–water partition coefficient (Wildman–Crippen LogP) is 6.47. The van der Waals surface area contributed by atoms with E-state index in [0.717, 1.165) is 57.8 Å². The zero-order valence-corrected chi connectivity index (χ0v) is 20.1. The van der Waals surface area contributed by atoms with E-state index in [1.165, 1.54) is 0 Å². The van der Waals surface area contributed by atoms with Crippen LogP contribution in [0.2, 0.25) is 0 Å². The number of furan rings is 1. The number of carbonyl (C=O) groups is 1. The highest BCUT2D eigenvalue weighted by Gasteiger charge is 2.32. The molecule has 174 valence electrons. The SMILES string of the molecule is CC(C)c1ccc(S(=O)(=O)N(C(=O)c2ccccc2)c2ccc3oc4c(c3c2)CCCC4)cc1. The van der Waals surface area contributed by atoms with Crippen molar-refractivity contribution >= 4 is 32.6 Å². The molecule has 0 N–H and O–H groups in total. The molecule has 3 aromatic carbocycles. The second kappa shape index (κ2) is 8.76. The molecule has 5 rings (SSSR count). The topological polar surface area (TPSA) is 67.6 Å². The fraction of sp³-hybridized carbons (Fsp3) is 0.250. The van der Waals surface area contributed by atoms with Crippen LogP contribution in [0.3, 0.4) is 0 Å². The van der Waals surface area contributed by atoms with Gasteiger partial charge in [0.1, 0.15) is 11.3 Å². The number of nitrogens with zero attached hydrogens (tertiary/aromatic N) is 1. The van der Waals surface area contributed by atoms with Crippen molar-refractivity contribution in [1.29, 1.82) is 0 Å². The molecule has 0 unspecified atom stereocenters. The number of amides is 1. The Kier molecular flexibility index (Phi) is 5.78. The molecule has 0 saturated heterocycles. The van der Waals surface area contributed by atoms with Crippen LogP contribution in [0.4, 0.5) is 5.69 Å². The second-order valence-electron chi connectivity index (χ2n) is 9.06. The normalized spacial score (nSPS) is 13.7. The first-order chi connectivity index (χ1) is 16.4. The summed E-state index contributed by atoms with van der Waals surface area (Å²) in [6, 6.07) is 20.5. The van der Waals surface area contributed by atoms with Crippen LogP contribution in [0.1, 0.15) is 59.9 Å². The Morgan fingerprint density at radius 1 is 0.912 bits per heavy atom. The van der Waals surface area contributed by atoms with Crippen molar-refractivity contribution in [3.8, 4) is 0 Å². The molecule has 34 heavy (non-hydrogen) atoms. The number of aryl methyl sites for hydroxylation is 2. The number of carbonyl (C=O) groups excluding carboxylic acids is 1. The molecule has 4 aromatic rings. The molecule has 0 saturated carbocycles. The fourth-order valence-corrected chi connectivity index (χ4v) is 5.98. The number of rotatable bonds is 5. The van der Waals surface area contributed by atoms with Gasteiger partial charge in [-0.2, -0.15) is 4.31 Å². The molecule has 0 fully saturated rings. The van der Waals surface area contributed by atoms with Gasteiger partial charge in [0.15, 0.2) is 0 Å². The van der Waals surface area contributed by atoms with Crippen molar-refractivity contribution in [3.63, 3.8) is 0 Å². The van der Waals surface area contributed by atoms with Crippen molar-refractivity contribution in [2.45, 2.75) is 50.3 Å². The molecule has 0 aliphatic heterocycles. The summed E-state index contributed by atoms with van der Waals surface area (Å²) in [7, 11) is -4.16. The first-order valence-electron chi connectivity index (χ1n) is 11.7. The van der Waals surface area contributed by atoms with E-state index in [-0.39, 0.29) is 10.8 Å². The van der Waals surface area contributed by atoms with Gasteiger partial charge >= 0.3 is 0 Å². The van der Waals surface area contributed by atoms with Crippen molar-refractivity contribution in [3.05, 3.63) is 95.2 Å². The molecule has 1 heterocycles. The zero-order valence-electron chi connectivity index (χ0n) is 19.3. The van der Waals surface area contributed by atoms with Gasteiger partial charge in [-0.15, -0.1) is 0 Å². The summed E-state index contributed by atoms with van der Waals surface area (Å²) in [6.45, 7) is 4.10. The fourth-order valence-electron chi connectivity index (χ4n) is 4.57. The minimum absolute atomic E-state index is 0.0792. The molecule has 0 bridgehead atoms. The van der Waals surface area contributed by atoms with E-state index >= 15 is 0 Å². The van der Waals surface area contributed by atoms with Crippen molar-refractivity contribution in [2.75, 3.05) is 4.31 Å². The van der Waals surface area contributed by atoms with Crippen molar-refractivity contribution in [2.24, 2.45) is 0 Å².